The van der Waals surface area contributed by atoms with Crippen LogP contribution in [0.1, 0.15) is 33.5 Å². The van der Waals surface area contributed by atoms with Crippen molar-refractivity contribution in [3.05, 3.63) is 68.4 Å². The summed E-state index contributed by atoms with van der Waals surface area (Å²) in [7, 11) is -1.58. The van der Waals surface area contributed by atoms with Crippen LogP contribution in [0.5, 0.6) is 0 Å². The van der Waals surface area contributed by atoms with Crippen LogP contribution >= 0.6 is 23.2 Å². The summed E-state index contributed by atoms with van der Waals surface area (Å²) in [5.74, 6) is -1.63. The lowest BCUT2D eigenvalue weighted by molar-refractivity contribution is -0.275. The normalized spacial score (nSPS) is 19.5. The molecule has 5 nitrogen and oxygen atoms in total. The SMILES string of the molecule is Cc1cc(C2=NOC(c3cc(Cl)c(F)c(Cl)c3)(C(F)(F)F)C2)ccc1C(=O)NS(C)=O. The molecule has 166 valence electrons. The highest BCUT2D eigenvalue weighted by Crippen LogP contribution is 2.50. The van der Waals surface area contributed by atoms with Crippen molar-refractivity contribution in [3.63, 3.8) is 0 Å². The van der Waals surface area contributed by atoms with Gasteiger partial charge in [-0.3, -0.25) is 9.52 Å². The van der Waals surface area contributed by atoms with Gasteiger partial charge in [-0.1, -0.05) is 34.4 Å². The fraction of sp³-hybridized carbons (Fsp3) is 0.263. The Morgan fingerprint density at radius 1 is 1.23 bits per heavy atom. The van der Waals surface area contributed by atoms with Gasteiger partial charge in [0.05, 0.1) is 15.8 Å². The van der Waals surface area contributed by atoms with E-state index >= 15 is 0 Å². The van der Waals surface area contributed by atoms with E-state index in [0.29, 0.717) is 5.56 Å². The van der Waals surface area contributed by atoms with Crippen molar-refractivity contribution in [1.82, 2.24) is 4.72 Å². The minimum atomic E-state index is -4.93. The predicted octanol–water partition coefficient (Wildman–Crippen LogP) is 5.05. The molecule has 1 aliphatic rings. The monoisotopic (exact) mass is 496 g/mol. The van der Waals surface area contributed by atoms with Crippen LogP contribution in [0.25, 0.3) is 0 Å². The third-order valence-corrected chi connectivity index (χ3v) is 5.70. The maximum absolute atomic E-state index is 14.1. The van der Waals surface area contributed by atoms with Crippen LogP contribution in [-0.2, 0) is 21.4 Å². The van der Waals surface area contributed by atoms with Crippen LogP contribution in [0.3, 0.4) is 0 Å². The van der Waals surface area contributed by atoms with Crippen molar-refractivity contribution in [2.45, 2.75) is 25.1 Å². The number of aryl methyl sites for hydroxylation is 1. The molecule has 31 heavy (non-hydrogen) atoms. The summed E-state index contributed by atoms with van der Waals surface area (Å²) >= 11 is 11.4. The first kappa shape index (κ1) is 23.5. The van der Waals surface area contributed by atoms with Crippen LogP contribution in [0, 0.1) is 12.7 Å². The maximum atomic E-state index is 14.1. The van der Waals surface area contributed by atoms with Gasteiger partial charge in [-0.05, 0) is 42.3 Å². The Kier molecular flexibility index (Phi) is 6.37. The third-order valence-electron chi connectivity index (χ3n) is 4.68. The first-order valence-corrected chi connectivity index (χ1v) is 10.9. The Morgan fingerprint density at radius 2 is 1.84 bits per heavy atom. The van der Waals surface area contributed by atoms with Gasteiger partial charge in [0.15, 0.2) is 5.82 Å². The first-order valence-electron chi connectivity index (χ1n) is 8.58. The molecule has 0 aliphatic carbocycles. The molecule has 0 spiro atoms. The average Bonchev–Trinajstić information content (AvgIpc) is 3.11. The molecule has 0 aromatic heterocycles. The second kappa shape index (κ2) is 8.40. The number of oxime groups is 1. The van der Waals surface area contributed by atoms with Gasteiger partial charge in [0.1, 0.15) is 11.0 Å². The molecule has 1 aliphatic heterocycles. The topological polar surface area (TPSA) is 67.8 Å². The number of benzene rings is 2. The van der Waals surface area contributed by atoms with Gasteiger partial charge in [0.2, 0.25) is 0 Å². The minimum Gasteiger partial charge on any atom is -0.374 e. The molecule has 2 unspecified atom stereocenters. The van der Waals surface area contributed by atoms with E-state index in [1.165, 1.54) is 24.5 Å². The number of carbonyl (C=O) groups is 1. The lowest BCUT2D eigenvalue weighted by Crippen LogP contribution is -2.42. The molecule has 0 saturated carbocycles. The quantitative estimate of drug-likeness (QED) is 0.475. The van der Waals surface area contributed by atoms with E-state index < -0.39 is 56.5 Å². The average molecular weight is 497 g/mol. The number of alkyl halides is 3. The van der Waals surface area contributed by atoms with E-state index in [1.54, 1.807) is 6.92 Å². The molecule has 3 rings (SSSR count). The molecule has 1 amide bonds. The van der Waals surface area contributed by atoms with Crippen molar-refractivity contribution in [3.8, 4) is 0 Å². The number of nitrogens with one attached hydrogen (secondary N) is 1. The predicted molar refractivity (Wildman–Crippen MR) is 109 cm³/mol. The van der Waals surface area contributed by atoms with E-state index in [4.69, 9.17) is 28.0 Å². The van der Waals surface area contributed by atoms with Gasteiger partial charge in [-0.2, -0.15) is 13.2 Å². The largest absolute Gasteiger partial charge is 0.435 e. The molecule has 0 fully saturated rings. The summed E-state index contributed by atoms with van der Waals surface area (Å²) in [5.41, 5.74) is -2.52. The summed E-state index contributed by atoms with van der Waals surface area (Å²) < 4.78 is 69.3. The maximum Gasteiger partial charge on any atom is 0.435 e. The summed E-state index contributed by atoms with van der Waals surface area (Å²) in [6.07, 6.45) is -4.36. The Balaban J connectivity index is 1.97. The van der Waals surface area contributed by atoms with Crippen molar-refractivity contribution in [1.29, 1.82) is 0 Å². The summed E-state index contributed by atoms with van der Waals surface area (Å²) in [5, 5.41) is 2.45. The lowest BCUT2D eigenvalue weighted by Gasteiger charge is -2.29. The van der Waals surface area contributed by atoms with Gasteiger partial charge in [-0.25, -0.2) is 8.60 Å². The van der Waals surface area contributed by atoms with Gasteiger partial charge >= 0.3 is 6.18 Å². The summed E-state index contributed by atoms with van der Waals surface area (Å²) in [4.78, 5) is 16.9. The summed E-state index contributed by atoms with van der Waals surface area (Å²) in [6, 6.07) is 5.86. The van der Waals surface area contributed by atoms with E-state index in [9.17, 15) is 26.6 Å². The zero-order valence-electron chi connectivity index (χ0n) is 15.9. The molecular weight excluding hydrogens is 483 g/mol. The zero-order chi connectivity index (χ0) is 23.1. The number of hydrogen-bond donors (Lipinski definition) is 1. The van der Waals surface area contributed by atoms with Crippen molar-refractivity contribution in [2.24, 2.45) is 5.16 Å². The molecule has 12 heteroatoms. The van der Waals surface area contributed by atoms with E-state index in [-0.39, 0.29) is 16.8 Å². The molecule has 0 radical (unpaired) electrons. The Hall–Kier alpha value is -2.17. The van der Waals surface area contributed by atoms with Crippen LogP contribution in [0.4, 0.5) is 17.6 Å². The number of hydrogen-bond acceptors (Lipinski definition) is 4. The molecule has 2 aromatic carbocycles. The molecule has 0 bridgehead atoms. The standard InChI is InChI=1S/C19H14Cl2F4N2O3S/c1-9-5-10(3-4-12(9)17(28)27-31(2)29)15-8-18(30-26-15,19(23,24)25)11-6-13(20)16(22)14(21)7-11/h3-7H,8H2,1-2H3,(H,27,28). The summed E-state index contributed by atoms with van der Waals surface area (Å²) in [6.45, 7) is 1.57. The van der Waals surface area contributed by atoms with Crippen LogP contribution in [0.2, 0.25) is 10.0 Å². The number of amides is 1. The van der Waals surface area contributed by atoms with Crippen LogP contribution < -0.4 is 4.72 Å². The van der Waals surface area contributed by atoms with Crippen LogP contribution in [-0.4, -0.2) is 28.3 Å². The second-order valence-corrected chi connectivity index (χ2v) is 8.73. The zero-order valence-corrected chi connectivity index (χ0v) is 18.3. The number of halogens is 6. The van der Waals surface area contributed by atoms with Crippen molar-refractivity contribution in [2.75, 3.05) is 6.26 Å². The van der Waals surface area contributed by atoms with Gasteiger partial charge in [0, 0.05) is 23.8 Å². The van der Waals surface area contributed by atoms with E-state index in [2.05, 4.69) is 9.88 Å². The lowest BCUT2D eigenvalue weighted by atomic mass is 9.86. The van der Waals surface area contributed by atoms with Gasteiger partial charge in [0.25, 0.3) is 11.5 Å². The minimum absolute atomic E-state index is 0.0389. The molecular formula is C19H14Cl2F4N2O3S. The fourth-order valence-electron chi connectivity index (χ4n) is 3.13. The molecule has 0 saturated heterocycles. The third kappa shape index (κ3) is 4.42. The van der Waals surface area contributed by atoms with Crippen molar-refractivity contribution >= 4 is 45.8 Å². The fourth-order valence-corrected chi connectivity index (χ4v) is 3.99. The highest BCUT2D eigenvalue weighted by molar-refractivity contribution is 7.82. The Bertz CT molecular complexity index is 1100. The Morgan fingerprint density at radius 3 is 2.35 bits per heavy atom. The highest BCUT2D eigenvalue weighted by atomic mass is 35.5. The number of nitrogens with zero attached hydrogens (tertiary/aromatic N) is 1. The molecule has 1 heterocycles. The highest BCUT2D eigenvalue weighted by Gasteiger charge is 2.62. The van der Waals surface area contributed by atoms with Gasteiger partial charge < -0.3 is 4.84 Å². The molecule has 2 aromatic rings. The van der Waals surface area contributed by atoms with E-state index in [0.717, 1.165) is 12.1 Å². The molecule has 2 atom stereocenters. The molecule has 1 N–H and O–H groups in total. The second-order valence-electron chi connectivity index (χ2n) is 6.80. The number of carbonyl (C=O) groups excluding carboxylic acids is 1. The smallest absolute Gasteiger partial charge is 0.374 e. The van der Waals surface area contributed by atoms with E-state index in [1.807, 2.05) is 0 Å². The van der Waals surface area contributed by atoms with Gasteiger partial charge in [-0.15, -0.1) is 0 Å². The first-order chi connectivity index (χ1) is 14.4. The Labute approximate surface area is 186 Å². The van der Waals surface area contributed by atoms with Crippen LogP contribution in [0.15, 0.2) is 35.5 Å². The van der Waals surface area contributed by atoms with Crippen molar-refractivity contribution < 1.29 is 31.4 Å². The number of rotatable bonds is 4.